The van der Waals surface area contributed by atoms with Crippen LogP contribution in [0.15, 0.2) is 22.7 Å². The van der Waals surface area contributed by atoms with E-state index < -0.39 is 80.3 Å². The molecule has 0 aromatic heterocycles. The molecule has 1 unspecified atom stereocenters. The summed E-state index contributed by atoms with van der Waals surface area (Å²) in [4.78, 5) is 68.0. The molecule has 1 heterocycles. The smallest absolute Gasteiger partial charge is 0.175 e. The van der Waals surface area contributed by atoms with Crippen LogP contribution >= 0.6 is 0 Å². The highest BCUT2D eigenvalue weighted by atomic mass is 16.5. The van der Waals surface area contributed by atoms with Crippen LogP contribution in [0.2, 0.25) is 0 Å². The molecule has 1 atom stereocenters. The van der Waals surface area contributed by atoms with Gasteiger partial charge in [-0.3, -0.25) is 24.0 Å². The number of aromatic hydroxyl groups is 2. The monoisotopic (exact) mass is 652 g/mol. The molecule has 0 radical (unpaired) electrons. The lowest BCUT2D eigenvalue weighted by atomic mass is 9.59. The largest absolute Gasteiger partial charge is 0.511 e. The number of hydrogen-bond acceptors (Lipinski definition) is 9. The van der Waals surface area contributed by atoms with Gasteiger partial charge in [0.15, 0.2) is 28.9 Å². The number of carbonyl (C=O) groups excluding carboxylic acids is 5. The van der Waals surface area contributed by atoms with E-state index in [-0.39, 0.29) is 51.0 Å². The van der Waals surface area contributed by atoms with E-state index >= 15 is 0 Å². The summed E-state index contributed by atoms with van der Waals surface area (Å²) in [6, 6.07) is 0. The molecular formula is C38H52O9. The number of phenolic OH excluding ortho intramolecular Hbond substituents is 2. The third-order valence-electron chi connectivity index (χ3n) is 9.77. The zero-order valence-corrected chi connectivity index (χ0v) is 30.4. The first-order valence-electron chi connectivity index (χ1n) is 16.5. The van der Waals surface area contributed by atoms with Crippen molar-refractivity contribution in [2.24, 2.45) is 33.5 Å². The van der Waals surface area contributed by atoms with Crippen LogP contribution in [0.5, 0.6) is 17.2 Å². The second-order valence-electron chi connectivity index (χ2n) is 15.9. The van der Waals surface area contributed by atoms with Gasteiger partial charge in [-0.25, -0.2) is 0 Å². The number of aliphatic hydroxyl groups excluding tert-OH is 1. The maximum Gasteiger partial charge on any atom is 0.175 e. The first-order valence-corrected chi connectivity index (χ1v) is 16.5. The fourth-order valence-electron chi connectivity index (χ4n) is 7.19. The topological polar surface area (TPSA) is 155 Å². The molecule has 0 saturated heterocycles. The van der Waals surface area contributed by atoms with Crippen LogP contribution in [-0.2, 0) is 25.6 Å². The van der Waals surface area contributed by atoms with Gasteiger partial charge in [0.05, 0.1) is 21.7 Å². The summed E-state index contributed by atoms with van der Waals surface area (Å²) in [5.41, 5.74) is -5.92. The fraction of sp³-hybridized carbons (Fsp3) is 0.605. The highest BCUT2D eigenvalue weighted by Gasteiger charge is 2.58. The number of ether oxygens (including phenoxy) is 1. The predicted molar refractivity (Wildman–Crippen MR) is 179 cm³/mol. The van der Waals surface area contributed by atoms with Crippen molar-refractivity contribution in [2.75, 3.05) is 0 Å². The van der Waals surface area contributed by atoms with Gasteiger partial charge in [0.1, 0.15) is 34.3 Å². The van der Waals surface area contributed by atoms with Crippen molar-refractivity contribution in [2.45, 2.75) is 116 Å². The minimum absolute atomic E-state index is 0.0761. The van der Waals surface area contributed by atoms with Crippen molar-refractivity contribution in [1.82, 2.24) is 0 Å². The van der Waals surface area contributed by atoms with Gasteiger partial charge in [0.25, 0.3) is 0 Å². The molecule has 3 aliphatic rings. The fourth-order valence-corrected chi connectivity index (χ4v) is 7.19. The predicted octanol–water partition coefficient (Wildman–Crippen LogP) is 7.50. The summed E-state index contributed by atoms with van der Waals surface area (Å²) in [5, 5.41) is 34.8. The van der Waals surface area contributed by atoms with E-state index in [0.29, 0.717) is 0 Å². The number of rotatable bonds is 5. The van der Waals surface area contributed by atoms with Crippen molar-refractivity contribution in [3.8, 4) is 17.2 Å². The zero-order chi connectivity index (χ0) is 36.5. The first-order chi connectivity index (χ1) is 21.3. The van der Waals surface area contributed by atoms with Crippen molar-refractivity contribution in [3.63, 3.8) is 0 Å². The number of benzene rings is 1. The van der Waals surface area contributed by atoms with Crippen molar-refractivity contribution >= 4 is 28.9 Å². The Morgan fingerprint density at radius 1 is 0.745 bits per heavy atom. The number of Topliss-reactive ketones (excluding diaryl/α,β-unsaturated/α-hetero) is 5. The summed E-state index contributed by atoms with van der Waals surface area (Å²) in [6.07, 6.45) is 0.758. The van der Waals surface area contributed by atoms with Gasteiger partial charge < -0.3 is 20.1 Å². The molecule has 2 aliphatic carbocycles. The van der Waals surface area contributed by atoms with Gasteiger partial charge in [-0.15, -0.1) is 0 Å². The second-order valence-corrected chi connectivity index (χ2v) is 15.9. The molecule has 0 bridgehead atoms. The molecule has 4 rings (SSSR count). The van der Waals surface area contributed by atoms with E-state index in [4.69, 9.17) is 4.74 Å². The third-order valence-corrected chi connectivity index (χ3v) is 9.77. The molecule has 0 amide bonds. The van der Waals surface area contributed by atoms with E-state index in [2.05, 4.69) is 13.8 Å². The van der Waals surface area contributed by atoms with Crippen LogP contribution in [0.4, 0.5) is 0 Å². The molecule has 0 spiro atoms. The summed E-state index contributed by atoms with van der Waals surface area (Å²) in [6.45, 7) is 23.5. The number of hydrogen-bond donors (Lipinski definition) is 3. The van der Waals surface area contributed by atoms with E-state index in [1.54, 1.807) is 41.5 Å². The van der Waals surface area contributed by atoms with Crippen LogP contribution in [-0.4, -0.2) is 44.2 Å². The summed E-state index contributed by atoms with van der Waals surface area (Å²) < 4.78 is 6.32. The number of aliphatic hydroxyl groups is 1. The quantitative estimate of drug-likeness (QED) is 0.217. The Labute approximate surface area is 278 Å². The number of ketones is 5. The number of carbonyl (C=O) groups is 5. The van der Waals surface area contributed by atoms with Gasteiger partial charge >= 0.3 is 0 Å². The third kappa shape index (κ3) is 5.43. The number of fused-ring (bicyclic) bond motifs is 1. The van der Waals surface area contributed by atoms with E-state index in [1.165, 1.54) is 34.1 Å². The molecule has 9 nitrogen and oxygen atoms in total. The van der Waals surface area contributed by atoms with E-state index in [0.717, 1.165) is 0 Å². The molecule has 1 aliphatic heterocycles. The normalized spacial score (nSPS) is 22.5. The van der Waals surface area contributed by atoms with Gasteiger partial charge in [0, 0.05) is 40.5 Å². The molecule has 0 saturated carbocycles. The molecule has 47 heavy (non-hydrogen) atoms. The van der Waals surface area contributed by atoms with Crippen molar-refractivity contribution in [3.05, 3.63) is 39.4 Å². The minimum Gasteiger partial charge on any atom is -0.511 e. The summed E-state index contributed by atoms with van der Waals surface area (Å²) in [5.74, 6) is -6.01. The van der Waals surface area contributed by atoms with Gasteiger partial charge in [0.2, 0.25) is 0 Å². The molecule has 1 aromatic rings. The number of allylic oxidation sites excluding steroid dienone is 4. The molecular weight excluding hydrogens is 600 g/mol. The van der Waals surface area contributed by atoms with Crippen LogP contribution in [0, 0.1) is 33.5 Å². The molecule has 3 N–H and O–H groups in total. The molecule has 1 aromatic carbocycles. The summed E-state index contributed by atoms with van der Waals surface area (Å²) >= 11 is 0. The minimum atomic E-state index is -1.50. The molecule has 9 heteroatoms. The maximum absolute atomic E-state index is 14.0. The lowest BCUT2D eigenvalue weighted by Crippen LogP contribution is -2.52. The second kappa shape index (κ2) is 12.0. The Bertz CT molecular complexity index is 1640. The SMILES string of the molecule is CC(C)C(=O)c1c(O)c(CC2=C(O)C(C)(C)C(=O)C(C)(C)C2=O)c(O)c2c1OC1=C(C(=O)C(C)(C)C(=O)C1(C)C)C2C(C)C.CCC. The van der Waals surface area contributed by atoms with Gasteiger partial charge in [-0.1, -0.05) is 48.0 Å². The Kier molecular flexibility index (Phi) is 9.66. The first kappa shape index (κ1) is 37.7. The van der Waals surface area contributed by atoms with E-state index in [1.807, 2.05) is 13.8 Å². The highest BCUT2D eigenvalue weighted by Crippen LogP contribution is 2.60. The van der Waals surface area contributed by atoms with Crippen LogP contribution in [0.1, 0.15) is 131 Å². The Hall–Kier alpha value is -3.75. The maximum atomic E-state index is 14.0. The van der Waals surface area contributed by atoms with Crippen LogP contribution in [0.25, 0.3) is 0 Å². The Morgan fingerprint density at radius 2 is 1.21 bits per heavy atom. The molecule has 0 fully saturated rings. The average molecular weight is 653 g/mol. The Morgan fingerprint density at radius 3 is 1.68 bits per heavy atom. The number of phenols is 2. The summed E-state index contributed by atoms with van der Waals surface area (Å²) in [7, 11) is 0. The van der Waals surface area contributed by atoms with Crippen molar-refractivity contribution < 1.29 is 44.0 Å². The lowest BCUT2D eigenvalue weighted by Gasteiger charge is -2.46. The van der Waals surface area contributed by atoms with Crippen LogP contribution in [0.3, 0.4) is 0 Å². The molecule has 258 valence electrons. The van der Waals surface area contributed by atoms with E-state index in [9.17, 15) is 39.3 Å². The standard InChI is InChI=1S/C35H44O9.C3H8/c1-14(2)18-19-23(37)16(13-17-26(39)32(5,6)30(42)33(7,8)27(17)40)24(38)21(22(36)15(3)4)25(19)44-29-20(18)28(41)34(9,10)31(43)35(29,11)12;1-3-2/h14-15,18,37-39H,13H2,1-12H3;3H2,1-2H3. The van der Waals surface area contributed by atoms with Gasteiger partial charge in [-0.2, -0.15) is 0 Å². The van der Waals surface area contributed by atoms with Crippen molar-refractivity contribution in [1.29, 1.82) is 0 Å². The van der Waals surface area contributed by atoms with Gasteiger partial charge in [-0.05, 0) is 61.3 Å². The highest BCUT2D eigenvalue weighted by molar-refractivity contribution is 6.21. The average Bonchev–Trinajstić information content (AvgIpc) is 2.97. The van der Waals surface area contributed by atoms with Crippen LogP contribution < -0.4 is 4.74 Å². The Balaban J connectivity index is 0.00000192. The zero-order valence-electron chi connectivity index (χ0n) is 30.4. The lowest BCUT2D eigenvalue weighted by molar-refractivity contribution is -0.146.